The summed E-state index contributed by atoms with van der Waals surface area (Å²) in [6.45, 7) is 1.93. The summed E-state index contributed by atoms with van der Waals surface area (Å²) in [5.41, 5.74) is 3.07. The summed E-state index contributed by atoms with van der Waals surface area (Å²) in [5, 5.41) is 3.98. The summed E-state index contributed by atoms with van der Waals surface area (Å²) in [6.07, 6.45) is 3.27. The van der Waals surface area contributed by atoms with Gasteiger partial charge in [-0.25, -0.2) is 4.79 Å². The Bertz CT molecular complexity index is 639. The van der Waals surface area contributed by atoms with Gasteiger partial charge in [-0.3, -0.25) is 0 Å². The van der Waals surface area contributed by atoms with Crippen LogP contribution in [0, 0.1) is 6.92 Å². The average molecular weight is 274 g/mol. The van der Waals surface area contributed by atoms with Crippen LogP contribution < -0.4 is 15.4 Å². The van der Waals surface area contributed by atoms with E-state index in [0.717, 1.165) is 16.7 Å². The molecule has 0 fully saturated rings. The first-order chi connectivity index (χ1) is 9.56. The molecule has 6 nitrogen and oxygen atoms in total. The molecule has 0 spiro atoms. The third-order valence-corrected chi connectivity index (χ3v) is 3.00. The van der Waals surface area contributed by atoms with Gasteiger partial charge in [0.2, 0.25) is 6.20 Å². The number of carbonyl (C=O) groups is 1. The van der Waals surface area contributed by atoms with Gasteiger partial charge in [0.15, 0.2) is 0 Å². The number of esters is 1. The van der Waals surface area contributed by atoms with Gasteiger partial charge in [-0.05, 0) is 30.2 Å². The molecule has 0 radical (unpaired) electrons. The molecule has 2 N–H and O–H groups in total. The van der Waals surface area contributed by atoms with E-state index in [1.165, 1.54) is 19.0 Å². The summed E-state index contributed by atoms with van der Waals surface area (Å²) < 4.78 is 9.99. The van der Waals surface area contributed by atoms with E-state index in [1.807, 2.05) is 13.0 Å². The van der Waals surface area contributed by atoms with Gasteiger partial charge >= 0.3 is 5.97 Å². The first kappa shape index (κ1) is 13.8. The number of nitrogens with zero attached hydrogens (tertiary/aromatic N) is 2. The molecule has 0 amide bonds. The second-order valence-electron chi connectivity index (χ2n) is 4.25. The van der Waals surface area contributed by atoms with Crippen molar-refractivity contribution in [2.45, 2.75) is 6.92 Å². The number of methoxy groups -OCH3 is 2. The molecule has 1 heterocycles. The van der Waals surface area contributed by atoms with Crippen LogP contribution in [-0.4, -0.2) is 25.3 Å². The zero-order valence-corrected chi connectivity index (χ0v) is 11.6. The highest BCUT2D eigenvalue weighted by Crippen LogP contribution is 2.30. The molecular formula is C14H16N3O3+. The Labute approximate surface area is 116 Å². The molecule has 0 unspecified atom stereocenters. The predicted octanol–water partition coefficient (Wildman–Crippen LogP) is 0.854. The molecule has 0 aliphatic carbocycles. The molecule has 0 saturated heterocycles. The largest absolute Gasteiger partial charge is 0.496 e. The van der Waals surface area contributed by atoms with E-state index in [1.54, 1.807) is 24.5 Å². The van der Waals surface area contributed by atoms with Crippen LogP contribution in [0.5, 0.6) is 5.75 Å². The van der Waals surface area contributed by atoms with Crippen LogP contribution in [-0.2, 0) is 4.74 Å². The number of aromatic nitrogens is 2. The lowest BCUT2D eigenvalue weighted by Gasteiger charge is -2.12. The number of hydrogen-bond acceptors (Lipinski definition) is 5. The number of aryl methyl sites for hydroxylation is 1. The lowest BCUT2D eigenvalue weighted by molar-refractivity contribution is -0.700. The Morgan fingerprint density at radius 3 is 2.65 bits per heavy atom. The first-order valence-corrected chi connectivity index (χ1v) is 5.97. The topological polar surface area (TPSA) is 78.3 Å². The summed E-state index contributed by atoms with van der Waals surface area (Å²) in [4.78, 5) is 13.0. The van der Waals surface area contributed by atoms with E-state index in [2.05, 4.69) is 5.10 Å². The van der Waals surface area contributed by atoms with Gasteiger partial charge in [0.1, 0.15) is 17.5 Å². The van der Waals surface area contributed by atoms with Gasteiger partial charge < -0.3 is 9.47 Å². The monoisotopic (exact) mass is 274 g/mol. The van der Waals surface area contributed by atoms with Gasteiger partial charge in [-0.15, -0.1) is 0 Å². The zero-order valence-electron chi connectivity index (χ0n) is 11.6. The summed E-state index contributed by atoms with van der Waals surface area (Å²) in [6, 6.07) is 5.35. The number of benzene rings is 1. The molecule has 0 aliphatic rings. The highest BCUT2D eigenvalue weighted by molar-refractivity contribution is 5.94. The number of rotatable bonds is 3. The van der Waals surface area contributed by atoms with Crippen LogP contribution in [0.25, 0.3) is 11.1 Å². The van der Waals surface area contributed by atoms with Crippen molar-refractivity contribution in [3.8, 4) is 16.9 Å². The van der Waals surface area contributed by atoms with Gasteiger partial charge in [0.05, 0.1) is 14.2 Å². The van der Waals surface area contributed by atoms with Crippen LogP contribution >= 0.6 is 0 Å². The molecule has 6 heteroatoms. The fourth-order valence-corrected chi connectivity index (χ4v) is 1.96. The summed E-state index contributed by atoms with van der Waals surface area (Å²) >= 11 is 0. The van der Waals surface area contributed by atoms with E-state index in [0.29, 0.717) is 11.3 Å². The van der Waals surface area contributed by atoms with Crippen molar-refractivity contribution >= 4 is 5.97 Å². The summed E-state index contributed by atoms with van der Waals surface area (Å²) in [5.74, 6) is 5.54. The minimum atomic E-state index is -0.444. The Balaban J connectivity index is 2.59. The van der Waals surface area contributed by atoms with Crippen LogP contribution in [0.3, 0.4) is 0 Å². The minimum Gasteiger partial charge on any atom is -0.496 e. The minimum absolute atomic E-state index is 0.375. The van der Waals surface area contributed by atoms with Crippen molar-refractivity contribution in [1.82, 2.24) is 5.10 Å². The van der Waals surface area contributed by atoms with Crippen molar-refractivity contribution in [3.63, 3.8) is 0 Å². The molecule has 0 bridgehead atoms. The van der Waals surface area contributed by atoms with Crippen molar-refractivity contribution in [2.75, 3.05) is 20.1 Å². The molecule has 0 atom stereocenters. The second-order valence-corrected chi connectivity index (χ2v) is 4.25. The molecule has 104 valence electrons. The van der Waals surface area contributed by atoms with Crippen molar-refractivity contribution in [3.05, 3.63) is 41.7 Å². The van der Waals surface area contributed by atoms with E-state index >= 15 is 0 Å². The van der Waals surface area contributed by atoms with Gasteiger partial charge in [-0.1, -0.05) is 0 Å². The molecule has 1 aromatic heterocycles. The maximum atomic E-state index is 11.8. The van der Waals surface area contributed by atoms with Crippen LogP contribution in [0.2, 0.25) is 0 Å². The maximum Gasteiger partial charge on any atom is 0.341 e. The van der Waals surface area contributed by atoms with Gasteiger partial charge in [-0.2, -0.15) is 5.84 Å². The zero-order chi connectivity index (χ0) is 14.7. The molecule has 0 saturated carbocycles. The second kappa shape index (κ2) is 5.56. The normalized spacial score (nSPS) is 10.2. The van der Waals surface area contributed by atoms with E-state index in [9.17, 15) is 4.79 Å². The standard InChI is InChI=1S/C14H16N3O3/c1-9-6-13(19-2)12(14(18)20-3)7-11(9)10-4-5-17(15)16-8-10/h4-8H,1-3H3,(H2,15,16)/q+1. The maximum absolute atomic E-state index is 11.8. The fraction of sp³-hybridized carbons (Fsp3) is 0.214. The lowest BCUT2D eigenvalue weighted by atomic mass is 9.99. The Morgan fingerprint density at radius 2 is 2.10 bits per heavy atom. The van der Waals surface area contributed by atoms with Crippen LogP contribution in [0.1, 0.15) is 15.9 Å². The molecular weight excluding hydrogens is 258 g/mol. The molecule has 2 rings (SSSR count). The van der Waals surface area contributed by atoms with E-state index < -0.39 is 5.97 Å². The number of nitrogen functional groups attached to an aromatic ring is 1. The van der Waals surface area contributed by atoms with E-state index in [4.69, 9.17) is 15.3 Å². The number of carbonyl (C=O) groups excluding carboxylic acids is 1. The third-order valence-electron chi connectivity index (χ3n) is 3.00. The van der Waals surface area contributed by atoms with Crippen molar-refractivity contribution in [1.29, 1.82) is 0 Å². The Kier molecular flexibility index (Phi) is 3.84. The third kappa shape index (κ3) is 2.54. The Hall–Kier alpha value is -2.63. The van der Waals surface area contributed by atoms with Crippen molar-refractivity contribution in [2.24, 2.45) is 0 Å². The number of ether oxygens (including phenoxy) is 2. The molecule has 2 aromatic rings. The van der Waals surface area contributed by atoms with Gasteiger partial charge in [0, 0.05) is 21.5 Å². The molecule has 1 aromatic carbocycles. The summed E-state index contributed by atoms with van der Waals surface area (Å²) in [7, 11) is 2.85. The quantitative estimate of drug-likeness (QED) is 0.510. The first-order valence-electron chi connectivity index (χ1n) is 5.97. The number of nitrogens with two attached hydrogens (primary N) is 1. The SMILES string of the molecule is COC(=O)c1cc(-c2cc[n+](N)nc2)c(C)cc1OC. The highest BCUT2D eigenvalue weighted by Gasteiger charge is 2.17. The molecule has 20 heavy (non-hydrogen) atoms. The highest BCUT2D eigenvalue weighted by atomic mass is 16.5. The average Bonchev–Trinajstić information content (AvgIpc) is 2.47. The van der Waals surface area contributed by atoms with E-state index in [-0.39, 0.29) is 0 Å². The molecule has 0 aliphatic heterocycles. The van der Waals surface area contributed by atoms with Crippen molar-refractivity contribution < 1.29 is 19.1 Å². The number of hydrogen-bond donors (Lipinski definition) is 1. The van der Waals surface area contributed by atoms with Gasteiger partial charge in [0.25, 0.3) is 0 Å². The smallest absolute Gasteiger partial charge is 0.341 e. The Morgan fingerprint density at radius 1 is 1.35 bits per heavy atom. The van der Waals surface area contributed by atoms with Crippen LogP contribution in [0.4, 0.5) is 0 Å². The fourth-order valence-electron chi connectivity index (χ4n) is 1.96. The lowest BCUT2D eigenvalue weighted by Crippen LogP contribution is -2.47. The predicted molar refractivity (Wildman–Crippen MR) is 72.6 cm³/mol. The van der Waals surface area contributed by atoms with Crippen LogP contribution in [0.15, 0.2) is 30.6 Å².